The van der Waals surface area contributed by atoms with Crippen molar-refractivity contribution < 1.29 is 13.9 Å². The van der Waals surface area contributed by atoms with Gasteiger partial charge in [-0.3, -0.25) is 4.79 Å². The van der Waals surface area contributed by atoms with Gasteiger partial charge in [-0.15, -0.1) is 0 Å². The van der Waals surface area contributed by atoms with E-state index in [4.69, 9.17) is 33.7 Å². The van der Waals surface area contributed by atoms with Gasteiger partial charge in [-0.25, -0.2) is 0 Å². The quantitative estimate of drug-likeness (QED) is 0.643. The van der Waals surface area contributed by atoms with Crippen LogP contribution in [0.5, 0.6) is 5.88 Å². The molecule has 14 heavy (non-hydrogen) atoms. The maximum Gasteiger partial charge on any atom is 0.237 e. The lowest BCUT2D eigenvalue weighted by molar-refractivity contribution is -0.109. The van der Waals surface area contributed by atoms with E-state index in [1.165, 1.54) is 0 Å². The highest BCUT2D eigenvalue weighted by molar-refractivity contribution is 6.39. The van der Waals surface area contributed by atoms with Gasteiger partial charge in [-0.1, -0.05) is 23.2 Å². The predicted molar refractivity (Wildman–Crippen MR) is 50.2 cm³/mol. The molecule has 0 saturated heterocycles. The molecule has 7 heteroatoms. The molecule has 0 amide bonds. The molecule has 0 bridgehead atoms. The molecule has 1 rings (SSSR count). The second kappa shape index (κ2) is 4.43. The largest absolute Gasteiger partial charge is 0.469 e. The van der Waals surface area contributed by atoms with Gasteiger partial charge in [0.15, 0.2) is 6.29 Å². The highest BCUT2D eigenvalue weighted by Crippen LogP contribution is 2.34. The lowest BCUT2D eigenvalue weighted by Crippen LogP contribution is -2.04. The lowest BCUT2D eigenvalue weighted by Gasteiger charge is -2.07. The number of nitrogens with two attached hydrogens (primary N) is 1. The number of hydrogen-bond donors (Lipinski definition) is 1. The van der Waals surface area contributed by atoms with E-state index in [9.17, 15) is 9.18 Å². The Hall–Kier alpha value is -1.07. The van der Waals surface area contributed by atoms with E-state index in [-0.39, 0.29) is 28.2 Å². The number of carbonyl (C=O) groups excluding carboxylic acids is 1. The van der Waals surface area contributed by atoms with Crippen molar-refractivity contribution in [3.8, 4) is 5.88 Å². The molecule has 0 aliphatic rings. The van der Waals surface area contributed by atoms with Gasteiger partial charge >= 0.3 is 0 Å². The van der Waals surface area contributed by atoms with Gasteiger partial charge in [-0.05, 0) is 0 Å². The summed E-state index contributed by atoms with van der Waals surface area (Å²) in [5.41, 5.74) is 5.18. The molecule has 0 saturated carbocycles. The normalized spacial score (nSPS) is 9.93. The number of anilines is 1. The minimum absolute atomic E-state index is 0.113. The standard InChI is InChI=1S/C7H5Cl2FN2O2/c8-3-5(11)4(9)7(12-6(3)10)14-2-1-13/h1H,2H2,(H2,11,12). The van der Waals surface area contributed by atoms with Crippen molar-refractivity contribution in [3.63, 3.8) is 0 Å². The van der Waals surface area contributed by atoms with Crippen LogP contribution in [0.2, 0.25) is 10.0 Å². The Kier molecular flexibility index (Phi) is 3.49. The maximum absolute atomic E-state index is 12.9. The fourth-order valence-corrected chi connectivity index (χ4v) is 1.10. The van der Waals surface area contributed by atoms with Gasteiger partial charge < -0.3 is 10.5 Å². The summed E-state index contributed by atoms with van der Waals surface area (Å²) in [5, 5.41) is -0.480. The molecule has 1 heterocycles. The van der Waals surface area contributed by atoms with Gasteiger partial charge in [0.2, 0.25) is 11.8 Å². The molecule has 0 radical (unpaired) electrons. The van der Waals surface area contributed by atoms with Crippen molar-refractivity contribution in [3.05, 3.63) is 16.0 Å². The molecule has 2 N–H and O–H groups in total. The van der Waals surface area contributed by atoms with Crippen molar-refractivity contribution in [1.82, 2.24) is 4.98 Å². The Morgan fingerprint density at radius 2 is 2.14 bits per heavy atom. The van der Waals surface area contributed by atoms with Crippen molar-refractivity contribution in [2.45, 2.75) is 0 Å². The summed E-state index contributed by atoms with van der Waals surface area (Å²) < 4.78 is 17.6. The minimum atomic E-state index is -0.991. The summed E-state index contributed by atoms with van der Waals surface area (Å²) in [5.74, 6) is -1.24. The van der Waals surface area contributed by atoms with Gasteiger partial charge in [-0.2, -0.15) is 9.37 Å². The number of aldehydes is 1. The van der Waals surface area contributed by atoms with Gasteiger partial charge in [0.1, 0.15) is 16.7 Å². The first-order valence-corrected chi connectivity index (χ1v) is 4.20. The molecule has 0 atom stereocenters. The number of carbonyl (C=O) groups is 1. The number of nitrogen functional groups attached to an aromatic ring is 1. The Labute approximate surface area is 88.8 Å². The number of nitrogens with zero attached hydrogens (tertiary/aromatic N) is 1. The summed E-state index contributed by atoms with van der Waals surface area (Å²) in [6.45, 7) is -0.284. The van der Waals surface area contributed by atoms with Crippen molar-refractivity contribution >= 4 is 35.2 Å². The van der Waals surface area contributed by atoms with Crippen LogP contribution in [0.15, 0.2) is 0 Å². The first-order chi connectivity index (χ1) is 6.57. The first kappa shape index (κ1) is 11.0. The number of rotatable bonds is 3. The van der Waals surface area contributed by atoms with Crippen LogP contribution in [0.4, 0.5) is 10.1 Å². The van der Waals surface area contributed by atoms with E-state index in [2.05, 4.69) is 4.98 Å². The lowest BCUT2D eigenvalue weighted by atomic mass is 10.4. The average molecular weight is 239 g/mol. The van der Waals surface area contributed by atoms with Gasteiger partial charge in [0.05, 0.1) is 5.69 Å². The molecular weight excluding hydrogens is 234 g/mol. The zero-order chi connectivity index (χ0) is 10.7. The molecule has 4 nitrogen and oxygen atoms in total. The molecule has 76 valence electrons. The Balaban J connectivity index is 3.12. The fraction of sp³-hybridized carbons (Fsp3) is 0.143. The monoisotopic (exact) mass is 238 g/mol. The third-order valence-corrected chi connectivity index (χ3v) is 2.05. The van der Waals surface area contributed by atoms with E-state index in [0.717, 1.165) is 0 Å². The summed E-state index contributed by atoms with van der Waals surface area (Å²) in [6, 6.07) is 0. The number of aromatic nitrogens is 1. The van der Waals surface area contributed by atoms with E-state index in [1.54, 1.807) is 0 Å². The molecule has 0 unspecified atom stereocenters. The van der Waals surface area contributed by atoms with Crippen molar-refractivity contribution in [2.75, 3.05) is 12.3 Å². The number of halogens is 3. The Morgan fingerprint density at radius 1 is 1.50 bits per heavy atom. The van der Waals surface area contributed by atoms with Crippen LogP contribution in [-0.4, -0.2) is 17.9 Å². The second-order valence-electron chi connectivity index (χ2n) is 2.23. The van der Waals surface area contributed by atoms with Crippen molar-refractivity contribution in [2.24, 2.45) is 0 Å². The third kappa shape index (κ3) is 2.05. The van der Waals surface area contributed by atoms with Gasteiger partial charge in [0.25, 0.3) is 0 Å². The molecule has 0 fully saturated rings. The van der Waals surface area contributed by atoms with E-state index in [0.29, 0.717) is 6.29 Å². The summed E-state index contributed by atoms with van der Waals surface area (Å²) in [6.07, 6.45) is 0.473. The molecule has 0 spiro atoms. The Bertz CT molecular complexity index is 373. The Morgan fingerprint density at radius 3 is 2.71 bits per heavy atom. The highest BCUT2D eigenvalue weighted by atomic mass is 35.5. The summed E-state index contributed by atoms with van der Waals surface area (Å²) >= 11 is 11.0. The third-order valence-electron chi connectivity index (χ3n) is 1.33. The number of pyridine rings is 1. The minimum Gasteiger partial charge on any atom is -0.469 e. The SMILES string of the molecule is Nc1c(Cl)c(F)nc(OCC=O)c1Cl. The van der Waals surface area contributed by atoms with Gasteiger partial charge in [0, 0.05) is 0 Å². The maximum atomic E-state index is 12.9. The molecule has 0 aliphatic heterocycles. The fourth-order valence-electron chi connectivity index (χ4n) is 0.719. The van der Waals surface area contributed by atoms with Crippen LogP contribution in [-0.2, 0) is 4.79 Å². The van der Waals surface area contributed by atoms with E-state index in [1.807, 2.05) is 0 Å². The van der Waals surface area contributed by atoms with E-state index >= 15 is 0 Å². The smallest absolute Gasteiger partial charge is 0.237 e. The highest BCUT2D eigenvalue weighted by Gasteiger charge is 2.15. The van der Waals surface area contributed by atoms with Crippen LogP contribution < -0.4 is 10.5 Å². The number of hydrogen-bond acceptors (Lipinski definition) is 4. The summed E-state index contributed by atoms with van der Waals surface area (Å²) in [7, 11) is 0. The topological polar surface area (TPSA) is 65.2 Å². The van der Waals surface area contributed by atoms with Crippen LogP contribution in [0.25, 0.3) is 0 Å². The van der Waals surface area contributed by atoms with E-state index < -0.39 is 5.95 Å². The molecule has 1 aromatic rings. The van der Waals surface area contributed by atoms with Crippen LogP contribution in [0, 0.1) is 5.95 Å². The molecule has 1 aromatic heterocycles. The molecular formula is C7H5Cl2FN2O2. The number of ether oxygens (including phenoxy) is 1. The molecule has 0 aromatic carbocycles. The zero-order valence-corrected chi connectivity index (χ0v) is 8.27. The predicted octanol–water partition coefficient (Wildman–Crippen LogP) is 1.69. The van der Waals surface area contributed by atoms with Crippen molar-refractivity contribution in [1.29, 1.82) is 0 Å². The second-order valence-corrected chi connectivity index (χ2v) is 2.98. The molecule has 0 aliphatic carbocycles. The van der Waals surface area contributed by atoms with Crippen LogP contribution in [0.3, 0.4) is 0 Å². The zero-order valence-electron chi connectivity index (χ0n) is 6.76. The van der Waals surface area contributed by atoms with Crippen LogP contribution >= 0.6 is 23.2 Å². The average Bonchev–Trinajstić information content (AvgIpc) is 2.18. The summed E-state index contributed by atoms with van der Waals surface area (Å²) in [4.78, 5) is 13.3. The first-order valence-electron chi connectivity index (χ1n) is 3.44. The van der Waals surface area contributed by atoms with Crippen LogP contribution in [0.1, 0.15) is 0 Å².